The first kappa shape index (κ1) is 22.0. The molecule has 0 unspecified atom stereocenters. The number of nitrogens with one attached hydrogen (secondary N) is 2. The van der Waals surface area contributed by atoms with Gasteiger partial charge in [0.15, 0.2) is 11.5 Å². The number of nitrogens with zero attached hydrogens (tertiary/aromatic N) is 1. The molecule has 0 radical (unpaired) electrons. The zero-order valence-corrected chi connectivity index (χ0v) is 18.2. The quantitative estimate of drug-likeness (QED) is 0.361. The number of rotatable bonds is 7. The summed E-state index contributed by atoms with van der Waals surface area (Å²) < 4.78 is 15.6. The van der Waals surface area contributed by atoms with E-state index in [1.165, 1.54) is 18.4 Å². The first-order valence-corrected chi connectivity index (χ1v) is 10.7. The van der Waals surface area contributed by atoms with E-state index in [0.29, 0.717) is 0 Å². The van der Waals surface area contributed by atoms with Gasteiger partial charge in [-0.1, -0.05) is 53.7 Å². The van der Waals surface area contributed by atoms with Gasteiger partial charge in [-0.3, -0.25) is 10.1 Å². The van der Waals surface area contributed by atoms with E-state index in [2.05, 4.69) is 15.8 Å². The number of furan rings is 1. The molecule has 5 rings (SSSR count). The Balaban J connectivity index is 1.20. The Morgan fingerprint density at radius 2 is 1.69 bits per heavy atom. The maximum Gasteiger partial charge on any atom is 0.411 e. The lowest BCUT2D eigenvalue weighted by Crippen LogP contribution is -2.24. The minimum absolute atomic E-state index is 0.0992. The summed E-state index contributed by atoms with van der Waals surface area (Å²) >= 11 is 0. The number of anilines is 1. The summed E-state index contributed by atoms with van der Waals surface area (Å²) in [6, 6.07) is 18.6. The van der Waals surface area contributed by atoms with Crippen LogP contribution in [-0.2, 0) is 11.3 Å². The zero-order chi connectivity index (χ0) is 24.4. The highest BCUT2D eigenvalue weighted by atomic mass is 16.5. The lowest BCUT2D eigenvalue weighted by atomic mass is 9.98. The van der Waals surface area contributed by atoms with Gasteiger partial charge in [-0.25, -0.2) is 9.59 Å². The van der Waals surface area contributed by atoms with E-state index < -0.39 is 18.0 Å². The van der Waals surface area contributed by atoms with Crippen molar-refractivity contribution in [2.75, 3.05) is 11.9 Å². The average molecular weight is 473 g/mol. The molecule has 0 fully saturated rings. The molecule has 0 aliphatic heterocycles. The van der Waals surface area contributed by atoms with Crippen LogP contribution in [0.3, 0.4) is 0 Å². The Labute approximate surface area is 198 Å². The van der Waals surface area contributed by atoms with E-state index in [1.807, 2.05) is 48.5 Å². The number of fused-ring (bicyclic) bond motifs is 3. The molecule has 0 saturated heterocycles. The van der Waals surface area contributed by atoms with Crippen LogP contribution in [-0.4, -0.2) is 34.8 Å². The topological polar surface area (TPSA) is 144 Å². The molecule has 176 valence electrons. The summed E-state index contributed by atoms with van der Waals surface area (Å²) in [4.78, 5) is 35.9. The second-order valence-corrected chi connectivity index (χ2v) is 7.78. The van der Waals surface area contributed by atoms with Crippen molar-refractivity contribution in [3.8, 4) is 11.1 Å². The smallest absolute Gasteiger partial charge is 0.411 e. The van der Waals surface area contributed by atoms with Gasteiger partial charge in [-0.05, 0) is 22.3 Å². The van der Waals surface area contributed by atoms with E-state index in [-0.39, 0.29) is 42.0 Å². The Bertz CT molecular complexity index is 1380. The molecule has 0 spiro atoms. The molecule has 2 aromatic heterocycles. The first-order chi connectivity index (χ1) is 17.0. The summed E-state index contributed by atoms with van der Waals surface area (Å²) in [7, 11) is 0. The second-order valence-electron chi connectivity index (χ2n) is 7.78. The number of aromatic carboxylic acids is 1. The SMILES string of the molecule is O=C(Nc1ccoc1C(=O)NCc1cc(C(=O)O)no1)OCC1c2ccccc2-c2ccccc21. The van der Waals surface area contributed by atoms with Crippen molar-refractivity contribution in [2.45, 2.75) is 12.5 Å². The number of hydrogen-bond donors (Lipinski definition) is 3. The summed E-state index contributed by atoms with van der Waals surface area (Å²) in [6.07, 6.45) is 0.522. The molecule has 10 nitrogen and oxygen atoms in total. The highest BCUT2D eigenvalue weighted by molar-refractivity contribution is 6.00. The number of carbonyl (C=O) groups is 3. The van der Waals surface area contributed by atoms with Gasteiger partial charge < -0.3 is 24.1 Å². The molecule has 35 heavy (non-hydrogen) atoms. The normalized spacial score (nSPS) is 12.0. The zero-order valence-electron chi connectivity index (χ0n) is 18.2. The van der Waals surface area contributed by atoms with Gasteiger partial charge in [0.2, 0.25) is 5.76 Å². The van der Waals surface area contributed by atoms with Gasteiger partial charge >= 0.3 is 12.1 Å². The molecule has 10 heteroatoms. The van der Waals surface area contributed by atoms with Gasteiger partial charge in [0.05, 0.1) is 18.5 Å². The van der Waals surface area contributed by atoms with Crippen LogP contribution in [0.2, 0.25) is 0 Å². The van der Waals surface area contributed by atoms with Crippen LogP contribution in [0.25, 0.3) is 11.1 Å². The molecule has 3 N–H and O–H groups in total. The summed E-state index contributed by atoms with van der Waals surface area (Å²) in [6.45, 7) is 0.000836. The second kappa shape index (κ2) is 9.18. The average Bonchev–Trinajstić information content (AvgIpc) is 3.59. The van der Waals surface area contributed by atoms with Gasteiger partial charge in [-0.2, -0.15) is 0 Å². The van der Waals surface area contributed by atoms with Crippen molar-refractivity contribution in [3.05, 3.63) is 95.3 Å². The van der Waals surface area contributed by atoms with Crippen LogP contribution >= 0.6 is 0 Å². The molecule has 0 saturated carbocycles. The van der Waals surface area contributed by atoms with Crippen molar-refractivity contribution in [1.82, 2.24) is 10.5 Å². The number of ether oxygens (including phenoxy) is 1. The molecule has 2 aromatic carbocycles. The Morgan fingerprint density at radius 1 is 1.00 bits per heavy atom. The van der Waals surface area contributed by atoms with Gasteiger partial charge in [0.1, 0.15) is 6.61 Å². The Kier molecular flexibility index (Phi) is 5.76. The van der Waals surface area contributed by atoms with E-state index in [1.54, 1.807) is 0 Å². The van der Waals surface area contributed by atoms with E-state index >= 15 is 0 Å². The number of hydrogen-bond acceptors (Lipinski definition) is 7. The van der Waals surface area contributed by atoms with Crippen LogP contribution < -0.4 is 10.6 Å². The molecule has 1 aliphatic rings. The third-order valence-corrected chi connectivity index (χ3v) is 5.65. The largest absolute Gasteiger partial charge is 0.476 e. The predicted molar refractivity (Wildman–Crippen MR) is 122 cm³/mol. The molecule has 2 heterocycles. The van der Waals surface area contributed by atoms with Gasteiger partial charge in [0.25, 0.3) is 5.91 Å². The molecular weight excluding hydrogens is 454 g/mol. The maximum atomic E-state index is 12.5. The number of carboxylic acid groups (broad SMARTS) is 1. The standard InChI is InChI=1S/C25H19N3O7/c29-23(26-12-14-11-21(24(30)31)28-35-14)22-20(9-10-33-22)27-25(32)34-13-19-17-7-3-1-5-15(17)16-6-2-4-8-18(16)19/h1-11,19H,12-13H2,(H,26,29)(H,27,32)(H,30,31). The molecular formula is C25H19N3O7. The van der Waals surface area contributed by atoms with Crippen LogP contribution in [0.5, 0.6) is 0 Å². The number of amides is 2. The Hall–Kier alpha value is -4.86. The molecule has 1 aliphatic carbocycles. The minimum atomic E-state index is -1.24. The van der Waals surface area contributed by atoms with Gasteiger partial charge in [-0.15, -0.1) is 0 Å². The lowest BCUT2D eigenvalue weighted by molar-refractivity contribution is 0.0685. The fourth-order valence-electron chi connectivity index (χ4n) is 4.07. The predicted octanol–water partition coefficient (Wildman–Crippen LogP) is 4.26. The first-order valence-electron chi connectivity index (χ1n) is 10.7. The van der Waals surface area contributed by atoms with Crippen LogP contribution in [0.15, 0.2) is 75.9 Å². The molecule has 0 bridgehead atoms. The van der Waals surface area contributed by atoms with Crippen molar-refractivity contribution < 1.29 is 33.2 Å². The summed E-state index contributed by atoms with van der Waals surface area (Å²) in [5.41, 5.74) is 4.27. The molecule has 2 amide bonds. The number of carboxylic acids is 1. The van der Waals surface area contributed by atoms with Crippen molar-refractivity contribution in [3.63, 3.8) is 0 Å². The fourth-order valence-corrected chi connectivity index (χ4v) is 4.07. The van der Waals surface area contributed by atoms with E-state index in [9.17, 15) is 14.4 Å². The van der Waals surface area contributed by atoms with Crippen LogP contribution in [0.1, 0.15) is 43.8 Å². The molecule has 0 atom stereocenters. The van der Waals surface area contributed by atoms with Gasteiger partial charge in [0, 0.05) is 18.1 Å². The lowest BCUT2D eigenvalue weighted by Gasteiger charge is -2.14. The molecule has 4 aromatic rings. The maximum absolute atomic E-state index is 12.5. The third kappa shape index (κ3) is 4.36. The number of carbonyl (C=O) groups excluding carboxylic acids is 2. The minimum Gasteiger partial charge on any atom is -0.476 e. The highest BCUT2D eigenvalue weighted by Gasteiger charge is 2.29. The van der Waals surface area contributed by atoms with Crippen LogP contribution in [0, 0.1) is 0 Å². The van der Waals surface area contributed by atoms with E-state index in [4.69, 9.17) is 18.8 Å². The summed E-state index contributed by atoms with van der Waals surface area (Å²) in [5.74, 6) is -1.98. The van der Waals surface area contributed by atoms with Crippen LogP contribution in [0.4, 0.5) is 10.5 Å². The van der Waals surface area contributed by atoms with Crippen molar-refractivity contribution in [2.24, 2.45) is 0 Å². The third-order valence-electron chi connectivity index (χ3n) is 5.65. The van der Waals surface area contributed by atoms with Crippen molar-refractivity contribution >= 4 is 23.7 Å². The van der Waals surface area contributed by atoms with E-state index in [0.717, 1.165) is 22.3 Å². The van der Waals surface area contributed by atoms with Crippen molar-refractivity contribution in [1.29, 1.82) is 0 Å². The summed E-state index contributed by atoms with van der Waals surface area (Å²) in [5, 5.41) is 17.3. The highest BCUT2D eigenvalue weighted by Crippen LogP contribution is 2.44. The number of benzene rings is 2. The fraction of sp³-hybridized carbons (Fsp3) is 0.120. The Morgan fingerprint density at radius 3 is 2.34 bits per heavy atom. The number of aromatic nitrogens is 1. The monoisotopic (exact) mass is 473 g/mol.